The molecule has 0 fully saturated rings. The summed E-state index contributed by atoms with van der Waals surface area (Å²) >= 11 is 1.45. The molecule has 2 atom stereocenters. The van der Waals surface area contributed by atoms with Crippen LogP contribution in [0.2, 0.25) is 0 Å². The first-order valence-corrected chi connectivity index (χ1v) is 4.93. The van der Waals surface area contributed by atoms with Crippen LogP contribution in [0, 0.1) is 0 Å². The summed E-state index contributed by atoms with van der Waals surface area (Å²) in [4.78, 5) is 10.6. The molecule has 2 unspecified atom stereocenters. The molecule has 0 rings (SSSR count). The van der Waals surface area contributed by atoms with Crippen molar-refractivity contribution in [2.75, 3.05) is 13.7 Å². The molecule has 0 spiro atoms. The Labute approximate surface area is 77.5 Å². The third-order valence-corrected chi connectivity index (χ3v) is 2.91. The van der Waals surface area contributed by atoms with Crippen molar-refractivity contribution in [3.05, 3.63) is 0 Å². The molecule has 0 saturated heterocycles. The van der Waals surface area contributed by atoms with E-state index in [-0.39, 0.29) is 10.5 Å². The summed E-state index contributed by atoms with van der Waals surface area (Å²) in [5, 5.41) is 8.68. The summed E-state index contributed by atoms with van der Waals surface area (Å²) in [7, 11) is 1.62. The van der Waals surface area contributed by atoms with E-state index in [1.807, 2.05) is 13.8 Å². The van der Waals surface area contributed by atoms with E-state index in [2.05, 4.69) is 0 Å². The molecular weight excluding hydrogens is 176 g/mol. The summed E-state index contributed by atoms with van der Waals surface area (Å²) in [5.74, 6) is -0.731. The van der Waals surface area contributed by atoms with Crippen molar-refractivity contribution in [3.8, 4) is 0 Å². The molecular formula is C8H16O3S. The monoisotopic (exact) mass is 192 g/mol. The number of methoxy groups -OCH3 is 1. The van der Waals surface area contributed by atoms with Crippen molar-refractivity contribution in [1.29, 1.82) is 0 Å². The molecule has 0 aliphatic rings. The number of aliphatic carboxylic acids is 1. The first kappa shape index (κ1) is 11.8. The maximum Gasteiger partial charge on any atom is 0.316 e. The predicted molar refractivity (Wildman–Crippen MR) is 50.6 cm³/mol. The summed E-state index contributed by atoms with van der Waals surface area (Å²) in [6, 6.07) is 0. The minimum absolute atomic E-state index is 0.246. The number of carbonyl (C=O) groups is 1. The van der Waals surface area contributed by atoms with Gasteiger partial charge in [-0.25, -0.2) is 0 Å². The lowest BCUT2D eigenvalue weighted by Gasteiger charge is -2.14. The first-order valence-electron chi connectivity index (χ1n) is 3.99. The van der Waals surface area contributed by atoms with E-state index in [1.54, 1.807) is 7.11 Å². The standard InChI is InChI=1S/C8H16O3S/c1-4-7(8(9)10)12-6(2)5-11-3/h6-7H,4-5H2,1-3H3,(H,9,10). The Morgan fingerprint density at radius 3 is 2.58 bits per heavy atom. The van der Waals surface area contributed by atoms with E-state index >= 15 is 0 Å². The number of thioether (sulfide) groups is 1. The van der Waals surface area contributed by atoms with Crippen molar-refractivity contribution in [3.63, 3.8) is 0 Å². The Kier molecular flexibility index (Phi) is 6.20. The molecule has 0 aliphatic carbocycles. The van der Waals surface area contributed by atoms with Gasteiger partial charge < -0.3 is 9.84 Å². The van der Waals surface area contributed by atoms with E-state index in [4.69, 9.17) is 9.84 Å². The van der Waals surface area contributed by atoms with Gasteiger partial charge >= 0.3 is 5.97 Å². The van der Waals surface area contributed by atoms with Crippen LogP contribution in [0.4, 0.5) is 0 Å². The van der Waals surface area contributed by atoms with Gasteiger partial charge in [-0.15, -0.1) is 11.8 Å². The molecule has 0 amide bonds. The predicted octanol–water partition coefficient (Wildman–Crippen LogP) is 1.62. The van der Waals surface area contributed by atoms with Gasteiger partial charge in [0.15, 0.2) is 0 Å². The minimum Gasteiger partial charge on any atom is -0.480 e. The van der Waals surface area contributed by atoms with Crippen molar-refractivity contribution in [1.82, 2.24) is 0 Å². The zero-order valence-corrected chi connectivity index (χ0v) is 8.56. The van der Waals surface area contributed by atoms with Crippen molar-refractivity contribution < 1.29 is 14.6 Å². The lowest BCUT2D eigenvalue weighted by atomic mass is 10.3. The highest BCUT2D eigenvalue weighted by molar-refractivity contribution is 8.01. The van der Waals surface area contributed by atoms with Gasteiger partial charge in [0.1, 0.15) is 5.25 Å². The molecule has 4 heteroatoms. The van der Waals surface area contributed by atoms with Gasteiger partial charge in [-0.2, -0.15) is 0 Å². The Morgan fingerprint density at radius 1 is 1.67 bits per heavy atom. The van der Waals surface area contributed by atoms with Crippen molar-refractivity contribution in [2.24, 2.45) is 0 Å². The quantitative estimate of drug-likeness (QED) is 0.694. The van der Waals surface area contributed by atoms with Crippen molar-refractivity contribution in [2.45, 2.75) is 30.8 Å². The van der Waals surface area contributed by atoms with Crippen LogP contribution < -0.4 is 0 Å². The second-order valence-corrected chi connectivity index (χ2v) is 4.28. The van der Waals surface area contributed by atoms with Crippen LogP contribution in [0.25, 0.3) is 0 Å². The lowest BCUT2D eigenvalue weighted by Crippen LogP contribution is -2.20. The molecule has 0 aliphatic heterocycles. The van der Waals surface area contributed by atoms with Crippen LogP contribution in [0.5, 0.6) is 0 Å². The Morgan fingerprint density at radius 2 is 2.25 bits per heavy atom. The van der Waals surface area contributed by atoms with Gasteiger partial charge in [0.2, 0.25) is 0 Å². The molecule has 3 nitrogen and oxygen atoms in total. The molecule has 0 aromatic heterocycles. The first-order chi connectivity index (χ1) is 5.61. The molecule has 0 heterocycles. The topological polar surface area (TPSA) is 46.5 Å². The third-order valence-electron chi connectivity index (χ3n) is 1.44. The molecule has 0 aromatic carbocycles. The van der Waals surface area contributed by atoms with Crippen LogP contribution in [0.15, 0.2) is 0 Å². The molecule has 12 heavy (non-hydrogen) atoms. The number of rotatable bonds is 6. The number of carboxylic acids is 1. The molecule has 0 radical (unpaired) electrons. The normalized spacial score (nSPS) is 15.6. The van der Waals surface area contributed by atoms with Crippen molar-refractivity contribution >= 4 is 17.7 Å². The number of hydrogen-bond acceptors (Lipinski definition) is 3. The molecule has 0 aromatic rings. The van der Waals surface area contributed by atoms with Crippen LogP contribution in [-0.2, 0) is 9.53 Å². The fraction of sp³-hybridized carbons (Fsp3) is 0.875. The van der Waals surface area contributed by atoms with E-state index in [0.29, 0.717) is 13.0 Å². The van der Waals surface area contributed by atoms with Gasteiger partial charge in [0.25, 0.3) is 0 Å². The van der Waals surface area contributed by atoms with E-state index in [0.717, 1.165) is 0 Å². The van der Waals surface area contributed by atoms with Crippen LogP contribution in [0.1, 0.15) is 20.3 Å². The fourth-order valence-corrected chi connectivity index (χ4v) is 1.97. The largest absolute Gasteiger partial charge is 0.480 e. The third kappa shape index (κ3) is 4.62. The highest BCUT2D eigenvalue weighted by Crippen LogP contribution is 2.20. The maximum absolute atomic E-state index is 10.6. The van der Waals surface area contributed by atoms with Crippen LogP contribution in [0.3, 0.4) is 0 Å². The van der Waals surface area contributed by atoms with Crippen LogP contribution >= 0.6 is 11.8 Å². The Bertz CT molecular complexity index is 138. The minimum atomic E-state index is -0.731. The van der Waals surface area contributed by atoms with Gasteiger partial charge in [-0.1, -0.05) is 13.8 Å². The Hall–Kier alpha value is -0.220. The summed E-state index contributed by atoms with van der Waals surface area (Å²) in [6.45, 7) is 4.46. The van der Waals surface area contributed by atoms with E-state index < -0.39 is 5.97 Å². The SMILES string of the molecule is CCC(SC(C)COC)C(=O)O. The lowest BCUT2D eigenvalue weighted by molar-refractivity contribution is -0.136. The maximum atomic E-state index is 10.6. The van der Waals surface area contributed by atoms with Gasteiger partial charge in [-0.3, -0.25) is 4.79 Å². The van der Waals surface area contributed by atoms with Gasteiger partial charge in [0.05, 0.1) is 6.61 Å². The molecule has 0 saturated carbocycles. The van der Waals surface area contributed by atoms with Gasteiger partial charge in [-0.05, 0) is 6.42 Å². The number of ether oxygens (including phenoxy) is 1. The van der Waals surface area contributed by atoms with E-state index in [9.17, 15) is 4.79 Å². The summed E-state index contributed by atoms with van der Waals surface area (Å²) in [5.41, 5.74) is 0. The average Bonchev–Trinajstić information content (AvgIpc) is 2.00. The number of carboxylic acid groups (broad SMARTS) is 1. The summed E-state index contributed by atoms with van der Waals surface area (Å²) < 4.78 is 4.91. The molecule has 1 N–H and O–H groups in total. The molecule has 0 bridgehead atoms. The zero-order valence-electron chi connectivity index (χ0n) is 7.74. The molecule has 72 valence electrons. The van der Waals surface area contributed by atoms with Gasteiger partial charge in [0, 0.05) is 12.4 Å². The highest BCUT2D eigenvalue weighted by Gasteiger charge is 2.18. The average molecular weight is 192 g/mol. The van der Waals surface area contributed by atoms with Crippen LogP contribution in [-0.4, -0.2) is 35.3 Å². The second kappa shape index (κ2) is 6.31. The van der Waals surface area contributed by atoms with E-state index in [1.165, 1.54) is 11.8 Å². The number of hydrogen-bond donors (Lipinski definition) is 1. The summed E-state index contributed by atoms with van der Waals surface area (Å²) in [6.07, 6.45) is 0.661. The Balaban J connectivity index is 3.77. The zero-order chi connectivity index (χ0) is 9.56. The fourth-order valence-electron chi connectivity index (χ4n) is 0.883. The second-order valence-electron chi connectivity index (χ2n) is 2.64. The highest BCUT2D eigenvalue weighted by atomic mass is 32.2. The smallest absolute Gasteiger partial charge is 0.316 e.